The monoisotopic (exact) mass is 401 g/mol. The molecule has 0 aliphatic carbocycles. The standard InChI is InChI=1S/C16H17Cl2N3O3S/c1-3-4-24-15-12(17)5-10(6-13(15)18)8-19-21-16-20-11(9-25-16)7-14(22)23-2/h5-6,8-9H,3-4,7H2,1-2H3,(H,20,21)/b19-8-. The first kappa shape index (κ1) is 19.5. The number of hydrogen-bond donors (Lipinski definition) is 1. The molecule has 25 heavy (non-hydrogen) atoms. The van der Waals surface area contributed by atoms with E-state index in [9.17, 15) is 4.79 Å². The van der Waals surface area contributed by atoms with Gasteiger partial charge in [0.25, 0.3) is 0 Å². The van der Waals surface area contributed by atoms with Gasteiger partial charge in [0.1, 0.15) is 0 Å². The van der Waals surface area contributed by atoms with Gasteiger partial charge in [-0.25, -0.2) is 4.98 Å². The third kappa shape index (κ3) is 5.88. The van der Waals surface area contributed by atoms with E-state index in [1.54, 1.807) is 23.7 Å². The highest BCUT2D eigenvalue weighted by atomic mass is 35.5. The molecular weight excluding hydrogens is 385 g/mol. The number of rotatable bonds is 8. The number of nitrogens with one attached hydrogen (secondary N) is 1. The van der Waals surface area contributed by atoms with Gasteiger partial charge in [0.15, 0.2) is 5.75 Å². The van der Waals surface area contributed by atoms with Gasteiger partial charge in [-0.05, 0) is 24.1 Å². The summed E-state index contributed by atoms with van der Waals surface area (Å²) in [5, 5.41) is 7.28. The van der Waals surface area contributed by atoms with Crippen molar-refractivity contribution in [3.05, 3.63) is 38.8 Å². The molecule has 1 aromatic carbocycles. The van der Waals surface area contributed by atoms with Crippen LogP contribution in [0, 0.1) is 0 Å². The summed E-state index contributed by atoms with van der Waals surface area (Å²) in [5.74, 6) is 0.137. The maximum Gasteiger partial charge on any atom is 0.311 e. The van der Waals surface area contributed by atoms with Gasteiger partial charge in [-0.1, -0.05) is 30.1 Å². The van der Waals surface area contributed by atoms with Gasteiger partial charge < -0.3 is 9.47 Å². The zero-order chi connectivity index (χ0) is 18.2. The fourth-order valence-electron chi connectivity index (χ4n) is 1.82. The van der Waals surface area contributed by atoms with Crippen LogP contribution in [0.25, 0.3) is 0 Å². The van der Waals surface area contributed by atoms with Crippen molar-refractivity contribution in [3.8, 4) is 5.75 Å². The van der Waals surface area contributed by atoms with Crippen molar-refractivity contribution in [3.63, 3.8) is 0 Å². The summed E-state index contributed by atoms with van der Waals surface area (Å²) in [6, 6.07) is 3.43. The number of carbonyl (C=O) groups excluding carboxylic acids is 1. The molecule has 0 saturated carbocycles. The van der Waals surface area contributed by atoms with Gasteiger partial charge in [0.05, 0.1) is 42.1 Å². The van der Waals surface area contributed by atoms with Crippen LogP contribution in [0.2, 0.25) is 10.0 Å². The van der Waals surface area contributed by atoms with Crippen LogP contribution in [0.3, 0.4) is 0 Å². The third-order valence-electron chi connectivity index (χ3n) is 2.95. The highest BCUT2D eigenvalue weighted by Crippen LogP contribution is 2.34. The van der Waals surface area contributed by atoms with E-state index in [1.807, 2.05) is 6.92 Å². The number of nitrogens with zero attached hydrogens (tertiary/aromatic N) is 2. The molecule has 0 amide bonds. The Balaban J connectivity index is 1.99. The number of hydrazone groups is 1. The highest BCUT2D eigenvalue weighted by Gasteiger charge is 2.09. The molecule has 0 spiro atoms. The molecule has 0 aliphatic rings. The first-order chi connectivity index (χ1) is 12.0. The second-order valence-electron chi connectivity index (χ2n) is 4.93. The molecule has 2 rings (SSSR count). The Hall–Kier alpha value is -1.83. The van der Waals surface area contributed by atoms with E-state index in [4.69, 9.17) is 27.9 Å². The summed E-state index contributed by atoms with van der Waals surface area (Å²) in [6.07, 6.45) is 2.57. The quantitative estimate of drug-likeness (QED) is 0.403. The second-order valence-corrected chi connectivity index (χ2v) is 6.60. The van der Waals surface area contributed by atoms with Crippen molar-refractivity contribution in [2.24, 2.45) is 5.10 Å². The molecular formula is C16H17Cl2N3O3S. The van der Waals surface area contributed by atoms with Crippen molar-refractivity contribution in [1.82, 2.24) is 4.98 Å². The van der Waals surface area contributed by atoms with Crippen LogP contribution in [-0.2, 0) is 16.0 Å². The maximum absolute atomic E-state index is 11.2. The number of hydrogen-bond acceptors (Lipinski definition) is 7. The molecule has 9 heteroatoms. The lowest BCUT2D eigenvalue weighted by molar-refractivity contribution is -0.139. The molecule has 0 bridgehead atoms. The molecule has 0 atom stereocenters. The predicted molar refractivity (Wildman–Crippen MR) is 101 cm³/mol. The molecule has 0 fully saturated rings. The fraction of sp³-hybridized carbons (Fsp3) is 0.312. The van der Waals surface area contributed by atoms with E-state index in [0.717, 1.165) is 12.0 Å². The van der Waals surface area contributed by atoms with E-state index < -0.39 is 0 Å². The highest BCUT2D eigenvalue weighted by molar-refractivity contribution is 7.13. The van der Waals surface area contributed by atoms with E-state index in [0.29, 0.717) is 33.2 Å². The third-order valence-corrected chi connectivity index (χ3v) is 4.31. The molecule has 1 aromatic heterocycles. The maximum atomic E-state index is 11.2. The van der Waals surface area contributed by atoms with Gasteiger partial charge in [-0.15, -0.1) is 11.3 Å². The Kier molecular flexibility index (Phi) is 7.49. The first-order valence-corrected chi connectivity index (χ1v) is 9.09. The Morgan fingerprint density at radius 3 is 2.76 bits per heavy atom. The van der Waals surface area contributed by atoms with E-state index in [2.05, 4.69) is 20.2 Å². The fourth-order valence-corrected chi connectivity index (χ4v) is 3.09. The Morgan fingerprint density at radius 1 is 1.40 bits per heavy atom. The lowest BCUT2D eigenvalue weighted by Gasteiger charge is -2.09. The molecule has 0 unspecified atom stereocenters. The van der Waals surface area contributed by atoms with Crippen molar-refractivity contribution < 1.29 is 14.3 Å². The Bertz CT molecular complexity index is 742. The molecule has 0 saturated heterocycles. The molecule has 1 N–H and O–H groups in total. The molecule has 0 radical (unpaired) electrons. The van der Waals surface area contributed by atoms with E-state index in [1.165, 1.54) is 18.4 Å². The number of ether oxygens (including phenoxy) is 2. The summed E-state index contributed by atoms with van der Waals surface area (Å²) in [5.41, 5.74) is 4.14. The number of halogens is 2. The second kappa shape index (κ2) is 9.60. The molecule has 1 heterocycles. The van der Waals surface area contributed by atoms with Gasteiger partial charge in [0, 0.05) is 5.38 Å². The summed E-state index contributed by atoms with van der Waals surface area (Å²) in [4.78, 5) is 15.4. The Labute approximate surface area is 159 Å². The van der Waals surface area contributed by atoms with Crippen LogP contribution in [0.15, 0.2) is 22.6 Å². The normalized spacial score (nSPS) is 10.9. The summed E-state index contributed by atoms with van der Waals surface area (Å²) in [6.45, 7) is 2.55. The number of aromatic nitrogens is 1. The van der Waals surface area contributed by atoms with Crippen LogP contribution >= 0.6 is 34.5 Å². The van der Waals surface area contributed by atoms with Crippen molar-refractivity contribution in [1.29, 1.82) is 0 Å². The minimum atomic E-state index is -0.338. The molecule has 2 aromatic rings. The van der Waals surface area contributed by atoms with Crippen molar-refractivity contribution in [2.45, 2.75) is 19.8 Å². The number of anilines is 1. The van der Waals surface area contributed by atoms with Crippen molar-refractivity contribution >= 4 is 51.9 Å². The van der Waals surface area contributed by atoms with Gasteiger partial charge in [-0.3, -0.25) is 10.2 Å². The van der Waals surface area contributed by atoms with Crippen LogP contribution in [0.5, 0.6) is 5.75 Å². The minimum Gasteiger partial charge on any atom is -0.490 e. The van der Waals surface area contributed by atoms with E-state index in [-0.39, 0.29) is 12.4 Å². The topological polar surface area (TPSA) is 72.8 Å². The largest absolute Gasteiger partial charge is 0.490 e. The smallest absolute Gasteiger partial charge is 0.311 e. The number of thiazole rings is 1. The lowest BCUT2D eigenvalue weighted by atomic mass is 10.2. The number of esters is 1. The number of carbonyl (C=O) groups is 1. The van der Waals surface area contributed by atoms with Crippen molar-refractivity contribution in [2.75, 3.05) is 19.1 Å². The summed E-state index contributed by atoms with van der Waals surface area (Å²) >= 11 is 13.7. The van der Waals surface area contributed by atoms with Crippen LogP contribution in [0.4, 0.5) is 5.13 Å². The number of benzene rings is 1. The van der Waals surface area contributed by atoms with Gasteiger partial charge >= 0.3 is 5.97 Å². The number of methoxy groups -OCH3 is 1. The SMILES string of the molecule is CCCOc1c(Cl)cc(/C=N\Nc2nc(CC(=O)OC)cs2)cc1Cl. The average molecular weight is 402 g/mol. The minimum absolute atomic E-state index is 0.128. The zero-order valence-corrected chi connectivity index (χ0v) is 16.0. The molecule has 0 aliphatic heterocycles. The van der Waals surface area contributed by atoms with Gasteiger partial charge in [-0.2, -0.15) is 5.10 Å². The van der Waals surface area contributed by atoms with E-state index >= 15 is 0 Å². The average Bonchev–Trinajstić information content (AvgIpc) is 3.01. The summed E-state index contributed by atoms with van der Waals surface area (Å²) < 4.78 is 10.1. The molecule has 134 valence electrons. The van der Waals surface area contributed by atoms with Crippen LogP contribution < -0.4 is 10.2 Å². The van der Waals surface area contributed by atoms with Crippen LogP contribution in [0.1, 0.15) is 24.6 Å². The first-order valence-electron chi connectivity index (χ1n) is 7.45. The Morgan fingerprint density at radius 2 is 2.12 bits per heavy atom. The van der Waals surface area contributed by atoms with Crippen LogP contribution in [-0.4, -0.2) is 30.9 Å². The zero-order valence-electron chi connectivity index (χ0n) is 13.7. The summed E-state index contributed by atoms with van der Waals surface area (Å²) in [7, 11) is 1.34. The molecule has 6 nitrogen and oxygen atoms in total. The lowest BCUT2D eigenvalue weighted by Crippen LogP contribution is -2.04. The van der Waals surface area contributed by atoms with Gasteiger partial charge in [0.2, 0.25) is 5.13 Å². The predicted octanol–water partition coefficient (Wildman–Crippen LogP) is 4.40.